The van der Waals surface area contributed by atoms with Crippen LogP contribution in [0, 0.1) is 18.8 Å². The van der Waals surface area contributed by atoms with E-state index >= 15 is 0 Å². The van der Waals surface area contributed by atoms with Gasteiger partial charge in [0.1, 0.15) is 0 Å². The van der Waals surface area contributed by atoms with Crippen molar-refractivity contribution in [2.75, 3.05) is 32.4 Å². The third kappa shape index (κ3) is 5.08. The highest BCUT2D eigenvalue weighted by molar-refractivity contribution is 7.90. The van der Waals surface area contributed by atoms with Crippen LogP contribution in [0.3, 0.4) is 0 Å². The number of rotatable bonds is 6. The summed E-state index contributed by atoms with van der Waals surface area (Å²) < 4.78 is 23.3. The SMILES string of the molecule is Cc1ccc(C(CC(N)=O)N2CC3CN(C(=O)c4ccc(S(C)(=O)=O)cc4)CC3C2)cc1Cl. The summed E-state index contributed by atoms with van der Waals surface area (Å²) in [6, 6.07) is 11.8. The molecule has 9 heteroatoms. The second-order valence-electron chi connectivity index (χ2n) is 9.18. The molecule has 0 bridgehead atoms. The van der Waals surface area contributed by atoms with Crippen LogP contribution in [-0.2, 0) is 14.6 Å². The quantitative estimate of drug-likeness (QED) is 0.672. The number of amides is 2. The highest BCUT2D eigenvalue weighted by Crippen LogP contribution is 2.38. The van der Waals surface area contributed by atoms with Gasteiger partial charge in [-0.05, 0) is 60.2 Å². The third-order valence-corrected chi connectivity index (χ3v) is 8.28. The molecule has 0 spiro atoms. The lowest BCUT2D eigenvalue weighted by molar-refractivity contribution is -0.119. The zero-order chi connectivity index (χ0) is 23.9. The summed E-state index contributed by atoms with van der Waals surface area (Å²) in [6.07, 6.45) is 1.36. The van der Waals surface area contributed by atoms with Gasteiger partial charge in [-0.2, -0.15) is 0 Å². The van der Waals surface area contributed by atoms with Gasteiger partial charge in [0.25, 0.3) is 5.91 Å². The van der Waals surface area contributed by atoms with Crippen molar-refractivity contribution >= 4 is 33.3 Å². The zero-order valence-electron chi connectivity index (χ0n) is 18.7. The highest BCUT2D eigenvalue weighted by atomic mass is 35.5. The number of nitrogens with zero attached hydrogens (tertiary/aromatic N) is 2. The molecule has 2 aliphatic rings. The van der Waals surface area contributed by atoms with E-state index in [-0.39, 0.29) is 29.2 Å². The molecule has 2 amide bonds. The van der Waals surface area contributed by atoms with Gasteiger partial charge in [0.15, 0.2) is 9.84 Å². The number of hydrogen-bond acceptors (Lipinski definition) is 5. The van der Waals surface area contributed by atoms with E-state index in [1.165, 1.54) is 12.1 Å². The Morgan fingerprint density at radius 1 is 1.06 bits per heavy atom. The smallest absolute Gasteiger partial charge is 0.253 e. The Balaban J connectivity index is 1.44. The molecule has 176 valence electrons. The number of fused-ring (bicyclic) bond motifs is 1. The molecule has 0 aromatic heterocycles. The van der Waals surface area contributed by atoms with Crippen LogP contribution in [0.1, 0.15) is 33.9 Å². The normalized spacial score (nSPS) is 21.7. The van der Waals surface area contributed by atoms with Crippen LogP contribution in [-0.4, -0.2) is 62.5 Å². The number of halogens is 1. The van der Waals surface area contributed by atoms with Gasteiger partial charge < -0.3 is 10.6 Å². The first kappa shape index (κ1) is 23.7. The van der Waals surface area contributed by atoms with Crippen LogP contribution in [0.5, 0.6) is 0 Å². The van der Waals surface area contributed by atoms with Gasteiger partial charge in [0, 0.05) is 55.5 Å². The third-order valence-electron chi connectivity index (χ3n) is 6.75. The van der Waals surface area contributed by atoms with Crippen molar-refractivity contribution < 1.29 is 18.0 Å². The highest BCUT2D eigenvalue weighted by Gasteiger charge is 2.44. The van der Waals surface area contributed by atoms with Gasteiger partial charge in [-0.25, -0.2) is 8.42 Å². The summed E-state index contributed by atoms with van der Waals surface area (Å²) in [7, 11) is -3.30. The second kappa shape index (κ2) is 9.08. The second-order valence-corrected chi connectivity index (χ2v) is 11.6. The van der Waals surface area contributed by atoms with Crippen LogP contribution >= 0.6 is 11.6 Å². The monoisotopic (exact) mass is 489 g/mol. The first-order chi connectivity index (χ1) is 15.5. The lowest BCUT2D eigenvalue weighted by atomic mass is 10.0. The number of nitrogens with two attached hydrogens (primary N) is 1. The van der Waals surface area contributed by atoms with Crippen LogP contribution in [0.25, 0.3) is 0 Å². The predicted octanol–water partition coefficient (Wildman–Crippen LogP) is 2.67. The molecule has 0 aliphatic carbocycles. The largest absolute Gasteiger partial charge is 0.370 e. The fourth-order valence-corrected chi connectivity index (χ4v) is 5.76. The lowest BCUT2D eigenvalue weighted by Gasteiger charge is -2.29. The molecule has 2 aromatic rings. The molecule has 2 fully saturated rings. The summed E-state index contributed by atoms with van der Waals surface area (Å²) in [5.74, 6) is 0.166. The molecule has 7 nitrogen and oxygen atoms in total. The Kier molecular flexibility index (Phi) is 6.53. The fraction of sp³-hybridized carbons (Fsp3) is 0.417. The molecule has 2 aliphatic heterocycles. The van der Waals surface area contributed by atoms with Gasteiger partial charge >= 0.3 is 0 Å². The van der Waals surface area contributed by atoms with E-state index in [0.717, 1.165) is 30.5 Å². The minimum Gasteiger partial charge on any atom is -0.370 e. The number of carbonyl (C=O) groups excluding carboxylic acids is 2. The zero-order valence-corrected chi connectivity index (χ0v) is 20.3. The molecular formula is C24H28ClN3O4S. The van der Waals surface area contributed by atoms with Crippen LogP contribution < -0.4 is 5.73 Å². The Labute approximate surface area is 199 Å². The molecule has 33 heavy (non-hydrogen) atoms. The number of carbonyl (C=O) groups is 2. The maximum atomic E-state index is 13.0. The van der Waals surface area contributed by atoms with E-state index in [1.807, 2.05) is 30.0 Å². The summed E-state index contributed by atoms with van der Waals surface area (Å²) >= 11 is 6.33. The van der Waals surface area contributed by atoms with E-state index in [0.29, 0.717) is 35.5 Å². The molecule has 0 saturated carbocycles. The molecule has 2 N–H and O–H groups in total. The Morgan fingerprint density at radius 3 is 2.18 bits per heavy atom. The molecule has 2 saturated heterocycles. The van der Waals surface area contributed by atoms with Crippen molar-refractivity contribution in [3.63, 3.8) is 0 Å². The molecular weight excluding hydrogens is 462 g/mol. The first-order valence-corrected chi connectivity index (χ1v) is 13.2. The van der Waals surface area contributed by atoms with Crippen molar-refractivity contribution in [1.82, 2.24) is 9.80 Å². The van der Waals surface area contributed by atoms with Gasteiger partial charge in [-0.1, -0.05) is 23.7 Å². The van der Waals surface area contributed by atoms with E-state index in [9.17, 15) is 18.0 Å². The molecule has 3 unspecified atom stereocenters. The van der Waals surface area contributed by atoms with E-state index in [2.05, 4.69) is 4.90 Å². The van der Waals surface area contributed by atoms with Crippen LogP contribution in [0.15, 0.2) is 47.4 Å². The standard InChI is InChI=1S/C24H28ClN3O4S/c1-15-3-4-17(9-21(15)25)22(10-23(26)29)27-11-18-13-28(14-19(18)12-27)24(30)16-5-7-20(8-6-16)33(2,31)32/h3-9,18-19,22H,10-14H2,1-2H3,(H2,26,29). The fourth-order valence-electron chi connectivity index (χ4n) is 4.94. The Morgan fingerprint density at radius 2 is 1.67 bits per heavy atom. The average Bonchev–Trinajstić information content (AvgIpc) is 3.32. The number of likely N-dealkylation sites (tertiary alicyclic amines) is 2. The molecule has 0 radical (unpaired) electrons. The summed E-state index contributed by atoms with van der Waals surface area (Å²) in [5, 5.41) is 0.667. The lowest BCUT2D eigenvalue weighted by Crippen LogP contribution is -2.36. The maximum absolute atomic E-state index is 13.0. The van der Waals surface area contributed by atoms with Crippen molar-refractivity contribution in [3.8, 4) is 0 Å². The van der Waals surface area contributed by atoms with Gasteiger partial charge in [-0.15, -0.1) is 0 Å². The Hall–Kier alpha value is -2.42. The predicted molar refractivity (Wildman–Crippen MR) is 127 cm³/mol. The maximum Gasteiger partial charge on any atom is 0.253 e. The number of aryl methyl sites for hydroxylation is 1. The number of hydrogen-bond donors (Lipinski definition) is 1. The Bertz CT molecular complexity index is 1170. The minimum absolute atomic E-state index is 0.0880. The summed E-state index contributed by atoms with van der Waals surface area (Å²) in [4.78, 5) is 29.1. The van der Waals surface area contributed by atoms with E-state index < -0.39 is 9.84 Å². The number of benzene rings is 2. The van der Waals surface area contributed by atoms with Gasteiger partial charge in [0.05, 0.1) is 4.90 Å². The molecule has 4 rings (SSSR count). The van der Waals surface area contributed by atoms with Crippen LogP contribution in [0.4, 0.5) is 0 Å². The molecule has 2 heterocycles. The van der Waals surface area contributed by atoms with Crippen LogP contribution in [0.2, 0.25) is 5.02 Å². The van der Waals surface area contributed by atoms with Crippen molar-refractivity contribution in [2.45, 2.75) is 24.3 Å². The molecule has 2 aromatic carbocycles. The van der Waals surface area contributed by atoms with Crippen molar-refractivity contribution in [3.05, 3.63) is 64.2 Å². The van der Waals surface area contributed by atoms with E-state index in [4.69, 9.17) is 17.3 Å². The average molecular weight is 490 g/mol. The van der Waals surface area contributed by atoms with Gasteiger partial charge in [0.2, 0.25) is 5.91 Å². The van der Waals surface area contributed by atoms with Crippen molar-refractivity contribution in [2.24, 2.45) is 17.6 Å². The minimum atomic E-state index is -3.30. The summed E-state index contributed by atoms with van der Waals surface area (Å²) in [5.41, 5.74) is 8.00. The summed E-state index contributed by atoms with van der Waals surface area (Å²) in [6.45, 7) is 4.74. The number of sulfone groups is 1. The van der Waals surface area contributed by atoms with Gasteiger partial charge in [-0.3, -0.25) is 14.5 Å². The molecule has 3 atom stereocenters. The van der Waals surface area contributed by atoms with E-state index in [1.54, 1.807) is 12.1 Å². The topological polar surface area (TPSA) is 101 Å². The van der Waals surface area contributed by atoms with Crippen molar-refractivity contribution in [1.29, 1.82) is 0 Å². The number of primary amides is 1. The first-order valence-electron chi connectivity index (χ1n) is 10.9.